The molecule has 19 heavy (non-hydrogen) atoms. The minimum absolute atomic E-state index is 0.314. The van der Waals surface area contributed by atoms with Crippen LogP contribution in [0.5, 0.6) is 0 Å². The molecule has 0 fully saturated rings. The number of rotatable bonds is 2. The maximum absolute atomic E-state index is 12.2. The Balaban J connectivity index is 2.09. The lowest BCUT2D eigenvalue weighted by molar-refractivity contribution is 0.148. The van der Waals surface area contributed by atoms with Gasteiger partial charge in [0.2, 0.25) is 6.43 Å². The van der Waals surface area contributed by atoms with Crippen LogP contribution < -0.4 is 0 Å². The highest BCUT2D eigenvalue weighted by Gasteiger charge is 2.04. The molecule has 0 aliphatic carbocycles. The average Bonchev–Trinajstić information content (AvgIpc) is 2.39. The molecule has 1 nitrogen and oxygen atoms in total. The molecule has 96 valence electrons. The molecule has 0 saturated heterocycles. The van der Waals surface area contributed by atoms with Gasteiger partial charge in [0.05, 0.1) is 6.42 Å². The molecule has 0 aliphatic heterocycles. The molecule has 0 aliphatic rings. The summed E-state index contributed by atoms with van der Waals surface area (Å²) in [5.41, 5.74) is 3.21. The molecule has 2 rings (SSSR count). The Morgan fingerprint density at radius 3 is 2.21 bits per heavy atom. The lowest BCUT2D eigenvalue weighted by atomic mass is 10.1. The van der Waals surface area contributed by atoms with Crippen LogP contribution in [-0.4, -0.2) is 11.4 Å². The van der Waals surface area contributed by atoms with Gasteiger partial charge in [0.15, 0.2) is 0 Å². The zero-order chi connectivity index (χ0) is 13.7. The Kier molecular flexibility index (Phi) is 4.25. The highest BCUT2D eigenvalue weighted by Crippen LogP contribution is 2.06. The summed E-state index contributed by atoms with van der Waals surface area (Å²) >= 11 is 0. The number of aromatic nitrogens is 1. The van der Waals surface area contributed by atoms with Gasteiger partial charge < -0.3 is 0 Å². The molecule has 1 aromatic carbocycles. The molecule has 0 unspecified atom stereocenters. The van der Waals surface area contributed by atoms with Crippen LogP contribution in [0, 0.1) is 18.8 Å². The first-order chi connectivity index (χ1) is 9.13. The fraction of sp³-hybridized carbons (Fsp3) is 0.188. The van der Waals surface area contributed by atoms with Crippen molar-refractivity contribution in [3.8, 4) is 11.8 Å². The van der Waals surface area contributed by atoms with Crippen molar-refractivity contribution < 1.29 is 8.78 Å². The zero-order valence-corrected chi connectivity index (χ0v) is 10.5. The van der Waals surface area contributed by atoms with Gasteiger partial charge in [-0.05, 0) is 31.2 Å². The van der Waals surface area contributed by atoms with E-state index in [4.69, 9.17) is 0 Å². The predicted octanol–water partition coefficient (Wildman–Crippen LogP) is 3.60. The Morgan fingerprint density at radius 1 is 1.00 bits per heavy atom. The third-order valence-electron chi connectivity index (χ3n) is 2.59. The van der Waals surface area contributed by atoms with E-state index in [2.05, 4.69) is 16.8 Å². The van der Waals surface area contributed by atoms with Gasteiger partial charge in [-0.25, -0.2) is 8.78 Å². The number of alkyl halides is 2. The minimum Gasteiger partial charge on any atom is -0.260 e. The fourth-order valence-corrected chi connectivity index (χ4v) is 1.56. The molecule has 0 N–H and O–H groups in total. The van der Waals surface area contributed by atoms with E-state index in [1.807, 2.05) is 31.2 Å². The molecular formula is C16H13F2N. The third kappa shape index (κ3) is 4.18. The second-order valence-electron chi connectivity index (χ2n) is 4.25. The lowest BCUT2D eigenvalue weighted by Gasteiger charge is -1.98. The standard InChI is InChI=1S/C16H13F2N/c1-12-2-4-13(5-3-12)6-7-14-8-9-15(19-11-14)10-16(17)18/h2-5,8-9,11,16H,10H2,1H3. The molecule has 1 aromatic heterocycles. The molecule has 0 amide bonds. The van der Waals surface area contributed by atoms with Gasteiger partial charge >= 0.3 is 0 Å². The van der Waals surface area contributed by atoms with Gasteiger partial charge in [0.25, 0.3) is 0 Å². The SMILES string of the molecule is Cc1ccc(C#Cc2ccc(CC(F)F)nc2)cc1. The summed E-state index contributed by atoms with van der Waals surface area (Å²) in [5.74, 6) is 5.97. The molecule has 0 bridgehead atoms. The third-order valence-corrected chi connectivity index (χ3v) is 2.59. The highest BCUT2D eigenvalue weighted by atomic mass is 19.3. The van der Waals surface area contributed by atoms with Gasteiger partial charge in [0.1, 0.15) is 0 Å². The minimum atomic E-state index is -2.36. The first-order valence-corrected chi connectivity index (χ1v) is 5.95. The van der Waals surface area contributed by atoms with E-state index in [1.165, 1.54) is 11.8 Å². The summed E-state index contributed by atoms with van der Waals surface area (Å²) in [7, 11) is 0. The quantitative estimate of drug-likeness (QED) is 0.749. The number of hydrogen-bond acceptors (Lipinski definition) is 1. The van der Waals surface area contributed by atoms with Gasteiger partial charge in [-0.1, -0.05) is 29.5 Å². The van der Waals surface area contributed by atoms with Gasteiger partial charge in [-0.2, -0.15) is 0 Å². The van der Waals surface area contributed by atoms with E-state index in [0.29, 0.717) is 5.69 Å². The maximum atomic E-state index is 12.2. The molecule has 2 aromatic rings. The van der Waals surface area contributed by atoms with Crippen LogP contribution in [0.1, 0.15) is 22.4 Å². The Bertz CT molecular complexity index is 589. The van der Waals surface area contributed by atoms with Crippen LogP contribution in [0.2, 0.25) is 0 Å². The normalized spacial score (nSPS) is 10.1. The van der Waals surface area contributed by atoms with E-state index in [9.17, 15) is 8.78 Å². The van der Waals surface area contributed by atoms with Crippen LogP contribution in [0.4, 0.5) is 8.78 Å². The van der Waals surface area contributed by atoms with Crippen molar-refractivity contribution in [3.05, 3.63) is 65.0 Å². The van der Waals surface area contributed by atoms with Crippen molar-refractivity contribution in [1.29, 1.82) is 0 Å². The van der Waals surface area contributed by atoms with Crippen molar-refractivity contribution in [2.75, 3.05) is 0 Å². The largest absolute Gasteiger partial charge is 0.260 e. The molecule has 0 saturated carbocycles. The van der Waals surface area contributed by atoms with E-state index >= 15 is 0 Å². The van der Waals surface area contributed by atoms with Gasteiger partial charge in [0, 0.05) is 23.0 Å². The van der Waals surface area contributed by atoms with E-state index < -0.39 is 6.43 Å². The molecule has 0 spiro atoms. The van der Waals surface area contributed by atoms with Crippen LogP contribution in [0.15, 0.2) is 42.6 Å². The van der Waals surface area contributed by atoms with Crippen LogP contribution >= 0.6 is 0 Å². The van der Waals surface area contributed by atoms with E-state index in [-0.39, 0.29) is 6.42 Å². The smallest absolute Gasteiger partial charge is 0.244 e. The predicted molar refractivity (Wildman–Crippen MR) is 71.1 cm³/mol. The second kappa shape index (κ2) is 6.10. The average molecular weight is 257 g/mol. The Hall–Kier alpha value is -2.21. The second-order valence-corrected chi connectivity index (χ2v) is 4.25. The molecule has 0 atom stereocenters. The van der Waals surface area contributed by atoms with Crippen molar-refractivity contribution in [2.24, 2.45) is 0 Å². The maximum Gasteiger partial charge on any atom is 0.244 e. The van der Waals surface area contributed by atoms with E-state index in [1.54, 1.807) is 12.1 Å². The molecule has 3 heteroatoms. The Morgan fingerprint density at radius 2 is 1.63 bits per heavy atom. The Labute approximate surface area is 111 Å². The molecular weight excluding hydrogens is 244 g/mol. The number of aryl methyl sites for hydroxylation is 1. The highest BCUT2D eigenvalue weighted by molar-refractivity contribution is 5.42. The molecule has 1 heterocycles. The zero-order valence-electron chi connectivity index (χ0n) is 10.5. The molecule has 0 radical (unpaired) electrons. The summed E-state index contributed by atoms with van der Waals surface area (Å²) in [6, 6.07) is 11.2. The number of benzene rings is 1. The summed E-state index contributed by atoms with van der Waals surface area (Å²) in [6.45, 7) is 2.02. The van der Waals surface area contributed by atoms with Crippen molar-refractivity contribution in [3.63, 3.8) is 0 Å². The number of hydrogen-bond donors (Lipinski definition) is 0. The van der Waals surface area contributed by atoms with Crippen molar-refractivity contribution in [2.45, 2.75) is 19.8 Å². The summed E-state index contributed by atoms with van der Waals surface area (Å²) in [4.78, 5) is 3.96. The van der Waals surface area contributed by atoms with Crippen LogP contribution in [0.3, 0.4) is 0 Å². The van der Waals surface area contributed by atoms with Gasteiger partial charge in [-0.3, -0.25) is 4.98 Å². The van der Waals surface area contributed by atoms with Crippen molar-refractivity contribution >= 4 is 0 Å². The van der Waals surface area contributed by atoms with Gasteiger partial charge in [-0.15, -0.1) is 0 Å². The number of pyridine rings is 1. The summed E-state index contributed by atoms with van der Waals surface area (Å²) < 4.78 is 24.3. The topological polar surface area (TPSA) is 12.9 Å². The fourth-order valence-electron chi connectivity index (χ4n) is 1.56. The first-order valence-electron chi connectivity index (χ1n) is 5.95. The number of halogens is 2. The lowest BCUT2D eigenvalue weighted by Crippen LogP contribution is -1.99. The van der Waals surface area contributed by atoms with Crippen molar-refractivity contribution in [1.82, 2.24) is 4.98 Å². The van der Waals surface area contributed by atoms with E-state index in [0.717, 1.165) is 11.1 Å². The monoisotopic (exact) mass is 257 g/mol. The summed E-state index contributed by atoms with van der Waals surface area (Å²) in [6.07, 6.45) is -1.15. The van der Waals surface area contributed by atoms with Crippen LogP contribution in [0.25, 0.3) is 0 Å². The first kappa shape index (κ1) is 13.2. The number of nitrogens with zero attached hydrogens (tertiary/aromatic N) is 1. The summed E-state index contributed by atoms with van der Waals surface area (Å²) in [5, 5.41) is 0. The van der Waals surface area contributed by atoms with Crippen LogP contribution in [-0.2, 0) is 6.42 Å².